The zero-order chi connectivity index (χ0) is 13.8. The number of likely N-dealkylation sites (tertiary alicyclic amines) is 1. The van der Waals surface area contributed by atoms with E-state index < -0.39 is 0 Å². The van der Waals surface area contributed by atoms with Gasteiger partial charge in [0.15, 0.2) is 0 Å². The van der Waals surface area contributed by atoms with Crippen LogP contribution in [0.3, 0.4) is 0 Å². The molecule has 4 heteroatoms. The number of rotatable bonds is 4. The van der Waals surface area contributed by atoms with E-state index in [1.165, 1.54) is 18.9 Å². The van der Waals surface area contributed by atoms with Gasteiger partial charge in [0.2, 0.25) is 0 Å². The Labute approximate surface area is 120 Å². The monoisotopic (exact) mass is 284 g/mol. The van der Waals surface area contributed by atoms with Crippen LogP contribution < -0.4 is 4.90 Å². The fourth-order valence-corrected chi connectivity index (χ4v) is 3.03. The number of halogens is 2. The molecule has 1 aliphatic rings. The van der Waals surface area contributed by atoms with Crippen molar-refractivity contribution in [2.24, 2.45) is 5.92 Å². The summed E-state index contributed by atoms with van der Waals surface area (Å²) in [6.07, 6.45) is 2.37. The highest BCUT2D eigenvalue weighted by molar-refractivity contribution is 6.17. The van der Waals surface area contributed by atoms with Crippen LogP contribution in [0.15, 0.2) is 18.2 Å². The fourth-order valence-electron chi connectivity index (χ4n) is 2.82. The lowest BCUT2D eigenvalue weighted by Gasteiger charge is -2.33. The Kier molecular flexibility index (Phi) is 5.06. The summed E-state index contributed by atoms with van der Waals surface area (Å²) in [5, 5.41) is 0. The minimum Gasteiger partial charge on any atom is -0.372 e. The average molecular weight is 285 g/mol. The summed E-state index contributed by atoms with van der Waals surface area (Å²) in [5.41, 5.74) is 1.54. The van der Waals surface area contributed by atoms with E-state index >= 15 is 0 Å². The number of nitrogens with zero attached hydrogens (tertiary/aromatic N) is 2. The lowest BCUT2D eigenvalue weighted by atomic mass is 9.96. The Morgan fingerprint density at radius 2 is 2.05 bits per heavy atom. The molecule has 2 nitrogen and oxygen atoms in total. The predicted octanol–water partition coefficient (Wildman–Crippen LogP) is 3.34. The molecule has 0 bridgehead atoms. The van der Waals surface area contributed by atoms with Crippen LogP contribution >= 0.6 is 11.6 Å². The van der Waals surface area contributed by atoms with Crippen molar-refractivity contribution in [2.45, 2.75) is 18.7 Å². The molecule has 0 aliphatic carbocycles. The van der Waals surface area contributed by atoms with Crippen LogP contribution in [0.5, 0.6) is 0 Å². The summed E-state index contributed by atoms with van der Waals surface area (Å²) in [5.74, 6) is 0.822. The zero-order valence-electron chi connectivity index (χ0n) is 11.7. The summed E-state index contributed by atoms with van der Waals surface area (Å²) in [6, 6.07) is 5.13. The Morgan fingerprint density at radius 3 is 2.68 bits per heavy atom. The number of para-hydroxylation sites is 1. The first-order chi connectivity index (χ1) is 9.11. The molecule has 1 fully saturated rings. The van der Waals surface area contributed by atoms with E-state index in [4.69, 9.17) is 11.6 Å². The maximum absolute atomic E-state index is 14.0. The first-order valence-corrected chi connectivity index (χ1v) is 7.38. The van der Waals surface area contributed by atoms with Gasteiger partial charge in [0.05, 0.1) is 5.69 Å². The van der Waals surface area contributed by atoms with E-state index in [1.54, 1.807) is 6.07 Å². The Morgan fingerprint density at radius 1 is 1.37 bits per heavy atom. The van der Waals surface area contributed by atoms with Crippen molar-refractivity contribution in [3.05, 3.63) is 29.6 Å². The van der Waals surface area contributed by atoms with Gasteiger partial charge in [0, 0.05) is 19.5 Å². The lowest BCUT2D eigenvalue weighted by molar-refractivity contribution is 0.222. The minimum absolute atomic E-state index is 0.173. The second-order valence-electron chi connectivity index (χ2n) is 5.51. The summed E-state index contributed by atoms with van der Waals surface area (Å²) in [7, 11) is 4.12. The number of hydrogen-bond acceptors (Lipinski definition) is 2. The summed E-state index contributed by atoms with van der Waals surface area (Å²) >= 11 is 5.91. The molecule has 106 valence electrons. The standard InChI is InChI=1S/C15H22ClFN2/c1-18-8-6-12(7-9-18)11-19(2)15-13(10-16)4-3-5-14(15)17/h3-5,12H,6-11H2,1-2H3. The van der Waals surface area contributed by atoms with Crippen LogP contribution in [0.4, 0.5) is 10.1 Å². The highest BCUT2D eigenvalue weighted by Gasteiger charge is 2.20. The molecule has 1 aromatic rings. The Bertz CT molecular complexity index is 417. The molecule has 1 saturated heterocycles. The van der Waals surface area contributed by atoms with Gasteiger partial charge in [-0.05, 0) is 50.5 Å². The number of piperidine rings is 1. The number of benzene rings is 1. The highest BCUT2D eigenvalue weighted by Crippen LogP contribution is 2.27. The van der Waals surface area contributed by atoms with Gasteiger partial charge in [-0.1, -0.05) is 12.1 Å². The van der Waals surface area contributed by atoms with E-state index in [0.717, 1.165) is 25.2 Å². The number of anilines is 1. The van der Waals surface area contributed by atoms with E-state index in [0.29, 0.717) is 17.5 Å². The SMILES string of the molecule is CN1CCC(CN(C)c2c(F)cccc2CCl)CC1. The van der Waals surface area contributed by atoms with Crippen LogP contribution in [-0.4, -0.2) is 38.6 Å². The summed E-state index contributed by atoms with van der Waals surface area (Å²) in [6.45, 7) is 3.18. The second-order valence-corrected chi connectivity index (χ2v) is 5.78. The lowest BCUT2D eigenvalue weighted by Crippen LogP contribution is -2.36. The van der Waals surface area contributed by atoms with Crippen LogP contribution in [0.25, 0.3) is 0 Å². The predicted molar refractivity (Wildman–Crippen MR) is 79.4 cm³/mol. The highest BCUT2D eigenvalue weighted by atomic mass is 35.5. The van der Waals surface area contributed by atoms with Gasteiger partial charge in [0.25, 0.3) is 0 Å². The van der Waals surface area contributed by atoms with E-state index in [2.05, 4.69) is 11.9 Å². The van der Waals surface area contributed by atoms with Crippen molar-refractivity contribution in [2.75, 3.05) is 38.6 Å². The fraction of sp³-hybridized carbons (Fsp3) is 0.600. The first kappa shape index (κ1) is 14.6. The molecule has 1 aliphatic heterocycles. The van der Waals surface area contributed by atoms with E-state index in [1.807, 2.05) is 18.0 Å². The van der Waals surface area contributed by atoms with Gasteiger partial charge in [-0.15, -0.1) is 11.6 Å². The quantitative estimate of drug-likeness (QED) is 0.783. The Balaban J connectivity index is 2.05. The van der Waals surface area contributed by atoms with Gasteiger partial charge in [-0.2, -0.15) is 0 Å². The molecule has 0 spiro atoms. The molecule has 1 heterocycles. The van der Waals surface area contributed by atoms with E-state index in [-0.39, 0.29) is 5.82 Å². The molecular weight excluding hydrogens is 263 g/mol. The topological polar surface area (TPSA) is 6.48 Å². The molecule has 0 saturated carbocycles. The summed E-state index contributed by atoms with van der Waals surface area (Å²) < 4.78 is 14.0. The normalized spacial score (nSPS) is 17.7. The second kappa shape index (κ2) is 6.58. The zero-order valence-corrected chi connectivity index (χ0v) is 12.5. The molecule has 0 N–H and O–H groups in total. The van der Waals surface area contributed by atoms with Gasteiger partial charge in [0.1, 0.15) is 5.82 Å². The van der Waals surface area contributed by atoms with Crippen LogP contribution in [0.1, 0.15) is 18.4 Å². The van der Waals surface area contributed by atoms with E-state index in [9.17, 15) is 4.39 Å². The summed E-state index contributed by atoms with van der Waals surface area (Å²) in [4.78, 5) is 4.38. The number of alkyl halides is 1. The van der Waals surface area contributed by atoms with Crippen molar-refractivity contribution in [3.63, 3.8) is 0 Å². The third-order valence-corrected chi connectivity index (χ3v) is 4.25. The van der Waals surface area contributed by atoms with Crippen LogP contribution in [0, 0.1) is 11.7 Å². The number of hydrogen-bond donors (Lipinski definition) is 0. The molecule has 0 atom stereocenters. The van der Waals surface area contributed by atoms with Gasteiger partial charge in [-0.3, -0.25) is 0 Å². The smallest absolute Gasteiger partial charge is 0.146 e. The van der Waals surface area contributed by atoms with Gasteiger partial charge in [-0.25, -0.2) is 4.39 Å². The molecule has 0 amide bonds. The molecule has 19 heavy (non-hydrogen) atoms. The minimum atomic E-state index is -0.173. The maximum Gasteiger partial charge on any atom is 0.146 e. The van der Waals surface area contributed by atoms with Crippen LogP contribution in [0.2, 0.25) is 0 Å². The molecule has 1 aromatic carbocycles. The molecule has 0 aromatic heterocycles. The van der Waals surface area contributed by atoms with Gasteiger partial charge < -0.3 is 9.80 Å². The van der Waals surface area contributed by atoms with Gasteiger partial charge >= 0.3 is 0 Å². The third-order valence-electron chi connectivity index (χ3n) is 3.97. The van der Waals surface area contributed by atoms with Crippen molar-refractivity contribution in [1.82, 2.24) is 4.90 Å². The first-order valence-electron chi connectivity index (χ1n) is 6.85. The van der Waals surface area contributed by atoms with Crippen molar-refractivity contribution >= 4 is 17.3 Å². The third kappa shape index (κ3) is 3.61. The Hall–Kier alpha value is -0.800. The molecule has 2 rings (SSSR count). The molecular formula is C15H22ClFN2. The van der Waals surface area contributed by atoms with Crippen molar-refractivity contribution in [3.8, 4) is 0 Å². The van der Waals surface area contributed by atoms with Crippen molar-refractivity contribution < 1.29 is 4.39 Å². The molecule has 0 radical (unpaired) electrons. The largest absolute Gasteiger partial charge is 0.372 e. The maximum atomic E-state index is 14.0. The molecule has 0 unspecified atom stereocenters. The van der Waals surface area contributed by atoms with Crippen LogP contribution in [-0.2, 0) is 5.88 Å². The van der Waals surface area contributed by atoms with Crippen molar-refractivity contribution in [1.29, 1.82) is 0 Å². The average Bonchev–Trinajstić information content (AvgIpc) is 2.40.